The summed E-state index contributed by atoms with van der Waals surface area (Å²) in [5.74, 6) is 0.435. The van der Waals surface area contributed by atoms with Gasteiger partial charge in [-0.25, -0.2) is 0 Å². The number of piperidine rings is 1. The van der Waals surface area contributed by atoms with Crippen LogP contribution in [0.4, 0.5) is 17.1 Å². The van der Waals surface area contributed by atoms with Gasteiger partial charge >= 0.3 is 0 Å². The summed E-state index contributed by atoms with van der Waals surface area (Å²) in [6.07, 6.45) is 3.15. The van der Waals surface area contributed by atoms with Crippen molar-refractivity contribution >= 4 is 34.8 Å². The van der Waals surface area contributed by atoms with Crippen LogP contribution in [0.15, 0.2) is 78.9 Å². The van der Waals surface area contributed by atoms with Crippen LogP contribution in [0.1, 0.15) is 42.1 Å². The Morgan fingerprint density at radius 2 is 1.43 bits per heavy atom. The number of carbonyl (C=O) groups excluding carboxylic acids is 3. The number of carbonyl (C=O) groups is 3. The van der Waals surface area contributed by atoms with Crippen LogP contribution >= 0.6 is 0 Å². The average molecular weight is 499 g/mol. The van der Waals surface area contributed by atoms with Gasteiger partial charge in [-0.3, -0.25) is 14.4 Å². The first-order chi connectivity index (χ1) is 18.0. The molecule has 1 fully saturated rings. The maximum absolute atomic E-state index is 12.8. The van der Waals surface area contributed by atoms with Crippen molar-refractivity contribution in [2.24, 2.45) is 5.92 Å². The Morgan fingerprint density at radius 1 is 0.784 bits per heavy atom. The predicted molar refractivity (Wildman–Crippen MR) is 148 cm³/mol. The summed E-state index contributed by atoms with van der Waals surface area (Å²) in [6.45, 7) is 3.86. The fourth-order valence-electron chi connectivity index (χ4n) is 4.31. The molecule has 0 unspecified atom stereocenters. The molecule has 1 heterocycles. The SMILES string of the molecule is CC1CCN(C(=O)c2cccc(NCC(=O)Nc3ccc(NC(=O)CCc4ccccc4)cc3)c2)CC1. The van der Waals surface area contributed by atoms with Crippen molar-refractivity contribution in [3.05, 3.63) is 90.0 Å². The monoisotopic (exact) mass is 498 g/mol. The third-order valence-electron chi connectivity index (χ3n) is 6.57. The zero-order valence-electron chi connectivity index (χ0n) is 21.2. The number of benzene rings is 3. The maximum Gasteiger partial charge on any atom is 0.253 e. The summed E-state index contributed by atoms with van der Waals surface area (Å²) in [7, 11) is 0. The lowest BCUT2D eigenvalue weighted by molar-refractivity contribution is -0.116. The van der Waals surface area contributed by atoms with E-state index in [-0.39, 0.29) is 24.3 Å². The van der Waals surface area contributed by atoms with Gasteiger partial charge in [-0.1, -0.05) is 43.3 Å². The first kappa shape index (κ1) is 25.9. The summed E-state index contributed by atoms with van der Waals surface area (Å²) in [5.41, 5.74) is 3.79. The van der Waals surface area contributed by atoms with Crippen LogP contribution in [0.3, 0.4) is 0 Å². The molecular weight excluding hydrogens is 464 g/mol. The zero-order chi connectivity index (χ0) is 26.0. The van der Waals surface area contributed by atoms with Gasteiger partial charge in [-0.05, 0) is 73.2 Å². The molecule has 192 valence electrons. The number of anilines is 3. The van der Waals surface area contributed by atoms with Crippen molar-refractivity contribution in [2.75, 3.05) is 35.6 Å². The number of nitrogens with one attached hydrogen (secondary N) is 3. The van der Waals surface area contributed by atoms with E-state index < -0.39 is 0 Å². The number of hydrogen-bond donors (Lipinski definition) is 3. The molecular formula is C30H34N4O3. The van der Waals surface area contributed by atoms with Crippen molar-refractivity contribution in [3.63, 3.8) is 0 Å². The van der Waals surface area contributed by atoms with Gasteiger partial charge in [-0.2, -0.15) is 0 Å². The van der Waals surface area contributed by atoms with Crippen molar-refractivity contribution in [3.8, 4) is 0 Å². The number of amides is 3. The Morgan fingerprint density at radius 3 is 2.11 bits per heavy atom. The minimum absolute atomic E-state index is 0.0345. The Balaban J connectivity index is 1.21. The molecule has 3 aromatic rings. The number of nitrogens with zero attached hydrogens (tertiary/aromatic N) is 1. The van der Waals surface area contributed by atoms with E-state index in [4.69, 9.17) is 0 Å². The molecule has 4 rings (SSSR count). The second-order valence-electron chi connectivity index (χ2n) is 9.57. The van der Waals surface area contributed by atoms with Crippen molar-refractivity contribution in [2.45, 2.75) is 32.6 Å². The second-order valence-corrected chi connectivity index (χ2v) is 9.57. The molecule has 0 aliphatic carbocycles. The second kappa shape index (κ2) is 12.7. The van der Waals surface area contributed by atoms with Crippen LogP contribution in [0.5, 0.6) is 0 Å². The molecule has 1 aliphatic heterocycles. The van der Waals surface area contributed by atoms with Crippen LogP contribution in [-0.4, -0.2) is 42.3 Å². The molecule has 3 amide bonds. The number of aryl methyl sites for hydroxylation is 1. The summed E-state index contributed by atoms with van der Waals surface area (Å²) < 4.78 is 0. The highest BCUT2D eigenvalue weighted by atomic mass is 16.2. The van der Waals surface area contributed by atoms with Crippen LogP contribution in [0.2, 0.25) is 0 Å². The van der Waals surface area contributed by atoms with E-state index in [1.54, 1.807) is 30.3 Å². The molecule has 1 aliphatic rings. The minimum atomic E-state index is -0.207. The summed E-state index contributed by atoms with van der Waals surface area (Å²) in [6, 6.07) is 24.2. The first-order valence-corrected chi connectivity index (χ1v) is 12.8. The highest BCUT2D eigenvalue weighted by Gasteiger charge is 2.21. The summed E-state index contributed by atoms with van der Waals surface area (Å²) in [4.78, 5) is 39.4. The topological polar surface area (TPSA) is 90.5 Å². The molecule has 37 heavy (non-hydrogen) atoms. The van der Waals surface area contributed by atoms with Crippen LogP contribution in [0.25, 0.3) is 0 Å². The fraction of sp³-hybridized carbons (Fsp3) is 0.300. The van der Waals surface area contributed by atoms with E-state index in [9.17, 15) is 14.4 Å². The van der Waals surface area contributed by atoms with E-state index in [0.717, 1.165) is 37.2 Å². The van der Waals surface area contributed by atoms with Gasteiger partial charge in [0.1, 0.15) is 0 Å². The van der Waals surface area contributed by atoms with Gasteiger partial charge in [0.25, 0.3) is 5.91 Å². The van der Waals surface area contributed by atoms with E-state index in [1.807, 2.05) is 53.4 Å². The van der Waals surface area contributed by atoms with Gasteiger partial charge < -0.3 is 20.9 Å². The highest BCUT2D eigenvalue weighted by molar-refractivity contribution is 5.96. The maximum atomic E-state index is 12.8. The number of likely N-dealkylation sites (tertiary alicyclic amines) is 1. The molecule has 0 bridgehead atoms. The van der Waals surface area contributed by atoms with Crippen LogP contribution < -0.4 is 16.0 Å². The molecule has 3 N–H and O–H groups in total. The zero-order valence-corrected chi connectivity index (χ0v) is 21.2. The highest BCUT2D eigenvalue weighted by Crippen LogP contribution is 2.20. The Hall–Kier alpha value is -4.13. The van der Waals surface area contributed by atoms with Crippen LogP contribution in [0, 0.1) is 5.92 Å². The van der Waals surface area contributed by atoms with Crippen molar-refractivity contribution in [1.29, 1.82) is 0 Å². The van der Waals surface area contributed by atoms with E-state index in [1.165, 1.54) is 0 Å². The molecule has 0 atom stereocenters. The van der Waals surface area contributed by atoms with Gasteiger partial charge in [0.15, 0.2) is 0 Å². The van der Waals surface area contributed by atoms with E-state index >= 15 is 0 Å². The average Bonchev–Trinajstić information content (AvgIpc) is 2.93. The Labute approximate surface area is 218 Å². The minimum Gasteiger partial charge on any atom is -0.376 e. The summed E-state index contributed by atoms with van der Waals surface area (Å²) in [5, 5.41) is 8.82. The first-order valence-electron chi connectivity index (χ1n) is 12.8. The number of hydrogen-bond acceptors (Lipinski definition) is 4. The third kappa shape index (κ3) is 7.93. The third-order valence-corrected chi connectivity index (χ3v) is 6.57. The molecule has 0 aromatic heterocycles. The lowest BCUT2D eigenvalue weighted by Gasteiger charge is -2.30. The molecule has 7 nitrogen and oxygen atoms in total. The van der Waals surface area contributed by atoms with Gasteiger partial charge in [-0.15, -0.1) is 0 Å². The Bertz CT molecular complexity index is 1200. The predicted octanol–water partition coefficient (Wildman–Crippen LogP) is 5.18. The van der Waals surface area contributed by atoms with Crippen molar-refractivity contribution in [1.82, 2.24) is 4.90 Å². The summed E-state index contributed by atoms with van der Waals surface area (Å²) >= 11 is 0. The quantitative estimate of drug-likeness (QED) is 0.379. The van der Waals surface area contributed by atoms with Gasteiger partial charge in [0.05, 0.1) is 6.54 Å². The largest absolute Gasteiger partial charge is 0.376 e. The Kier molecular flexibility index (Phi) is 8.92. The molecule has 0 saturated carbocycles. The fourth-order valence-corrected chi connectivity index (χ4v) is 4.31. The standard InChI is InChI=1S/C30H34N4O3/c1-22-16-18-34(19-17-22)30(37)24-8-5-9-27(20-24)31-21-29(36)33-26-13-11-25(12-14-26)32-28(35)15-10-23-6-3-2-4-7-23/h2-9,11-14,20,22,31H,10,15-19,21H2,1H3,(H,32,35)(H,33,36). The molecule has 0 spiro atoms. The molecule has 3 aromatic carbocycles. The number of rotatable bonds is 9. The normalized spacial score (nSPS) is 13.6. The van der Waals surface area contributed by atoms with Gasteiger partial charge in [0.2, 0.25) is 11.8 Å². The molecule has 7 heteroatoms. The molecule has 0 radical (unpaired) electrons. The van der Waals surface area contributed by atoms with Gasteiger partial charge in [0, 0.05) is 42.1 Å². The lowest BCUT2D eigenvalue weighted by Crippen LogP contribution is -2.37. The van der Waals surface area contributed by atoms with Crippen LogP contribution in [-0.2, 0) is 16.0 Å². The smallest absolute Gasteiger partial charge is 0.253 e. The van der Waals surface area contributed by atoms with E-state index in [0.29, 0.717) is 35.7 Å². The van der Waals surface area contributed by atoms with E-state index in [2.05, 4.69) is 22.9 Å². The lowest BCUT2D eigenvalue weighted by atomic mass is 9.98. The van der Waals surface area contributed by atoms with Crippen molar-refractivity contribution < 1.29 is 14.4 Å². The molecule has 1 saturated heterocycles.